The van der Waals surface area contributed by atoms with Crippen molar-refractivity contribution in [1.82, 2.24) is 0 Å². The highest BCUT2D eigenvalue weighted by molar-refractivity contribution is 6.37. The summed E-state index contributed by atoms with van der Waals surface area (Å²) >= 11 is 12.6. The van der Waals surface area contributed by atoms with Gasteiger partial charge in [0.25, 0.3) is 0 Å². The van der Waals surface area contributed by atoms with Crippen molar-refractivity contribution in [3.05, 3.63) is 35.4 Å². The van der Waals surface area contributed by atoms with E-state index in [0.717, 1.165) is 61.0 Å². The fourth-order valence-electron chi connectivity index (χ4n) is 2.53. The molecule has 0 spiro atoms. The van der Waals surface area contributed by atoms with Crippen molar-refractivity contribution >= 4 is 34.0 Å². The van der Waals surface area contributed by atoms with Crippen LogP contribution in [0.2, 0.25) is 5.02 Å². The summed E-state index contributed by atoms with van der Waals surface area (Å²) < 4.78 is 11.5. The van der Waals surface area contributed by atoms with Gasteiger partial charge < -0.3 is 9.47 Å². The van der Waals surface area contributed by atoms with E-state index in [-0.39, 0.29) is 5.38 Å². The van der Waals surface area contributed by atoms with Gasteiger partial charge in [-0.1, -0.05) is 31.5 Å². The second-order valence-corrected chi connectivity index (χ2v) is 6.95. The van der Waals surface area contributed by atoms with Crippen LogP contribution < -0.4 is 9.47 Å². The monoisotopic (exact) mass is 368 g/mol. The van der Waals surface area contributed by atoms with Crippen molar-refractivity contribution in [1.29, 1.82) is 0 Å². The van der Waals surface area contributed by atoms with Crippen LogP contribution in [0.15, 0.2) is 30.3 Å². The molecule has 2 nitrogen and oxygen atoms in total. The molecule has 132 valence electrons. The Kier molecular flexibility index (Phi) is 8.01. The van der Waals surface area contributed by atoms with Crippen LogP contribution in [0.3, 0.4) is 0 Å². The number of ether oxygens (including phenoxy) is 2. The van der Waals surface area contributed by atoms with Crippen molar-refractivity contribution in [2.75, 3.05) is 13.2 Å². The number of rotatable bonds is 10. The van der Waals surface area contributed by atoms with E-state index < -0.39 is 0 Å². The fourth-order valence-corrected chi connectivity index (χ4v) is 2.97. The summed E-state index contributed by atoms with van der Waals surface area (Å²) in [4.78, 5) is 0. The number of halogens is 2. The number of fused-ring (bicyclic) bond motifs is 1. The number of hydrogen-bond acceptors (Lipinski definition) is 2. The van der Waals surface area contributed by atoms with Crippen molar-refractivity contribution < 1.29 is 9.47 Å². The summed E-state index contributed by atoms with van der Waals surface area (Å²) in [7, 11) is 0. The van der Waals surface area contributed by atoms with Crippen molar-refractivity contribution in [2.45, 2.75) is 51.3 Å². The normalized spacial score (nSPS) is 12.3. The Balaban J connectivity index is 1.95. The minimum atomic E-state index is 0.276. The van der Waals surface area contributed by atoms with E-state index in [4.69, 9.17) is 32.7 Å². The van der Waals surface area contributed by atoms with Gasteiger partial charge in [0.05, 0.1) is 18.2 Å². The lowest BCUT2D eigenvalue weighted by Gasteiger charge is -2.12. The quantitative estimate of drug-likeness (QED) is 0.337. The molecule has 1 unspecified atom stereocenters. The molecule has 1 atom stereocenters. The van der Waals surface area contributed by atoms with Crippen molar-refractivity contribution in [3.8, 4) is 11.5 Å². The highest BCUT2D eigenvalue weighted by Crippen LogP contribution is 2.34. The maximum Gasteiger partial charge on any atom is 0.138 e. The van der Waals surface area contributed by atoms with Crippen LogP contribution in [0.1, 0.15) is 46.0 Å². The Morgan fingerprint density at radius 1 is 1.00 bits per heavy atom. The summed E-state index contributed by atoms with van der Waals surface area (Å²) in [6, 6.07) is 9.94. The standard InChI is InChI=1S/C20H26Cl2O2/c1-3-12-23-17-9-10-18-15(14-17)8-11-19(20(18)22)24-13-6-5-7-16(21)4-2/h8-11,14,16H,3-7,12-13H2,1-2H3. The van der Waals surface area contributed by atoms with Crippen molar-refractivity contribution in [2.24, 2.45) is 0 Å². The van der Waals surface area contributed by atoms with E-state index in [1.165, 1.54) is 0 Å². The Morgan fingerprint density at radius 2 is 1.83 bits per heavy atom. The molecule has 24 heavy (non-hydrogen) atoms. The molecule has 0 N–H and O–H groups in total. The molecule has 0 amide bonds. The molecular weight excluding hydrogens is 343 g/mol. The third-order valence-electron chi connectivity index (χ3n) is 3.98. The molecule has 2 aromatic carbocycles. The molecule has 0 aliphatic rings. The van der Waals surface area contributed by atoms with Crippen LogP contribution in [0.4, 0.5) is 0 Å². The summed E-state index contributed by atoms with van der Waals surface area (Å²) in [6.45, 7) is 5.59. The molecule has 0 saturated carbocycles. The zero-order valence-electron chi connectivity index (χ0n) is 14.5. The lowest BCUT2D eigenvalue weighted by molar-refractivity contribution is 0.305. The molecule has 4 heteroatoms. The SMILES string of the molecule is CCCOc1ccc2c(Cl)c(OCCCCC(Cl)CC)ccc2c1. The van der Waals surface area contributed by atoms with E-state index in [0.29, 0.717) is 11.6 Å². The average molecular weight is 369 g/mol. The summed E-state index contributed by atoms with van der Waals surface area (Å²) in [5, 5.41) is 3.00. The lowest BCUT2D eigenvalue weighted by atomic mass is 10.1. The average Bonchev–Trinajstić information content (AvgIpc) is 2.61. The van der Waals surface area contributed by atoms with E-state index in [9.17, 15) is 0 Å². The molecule has 0 saturated heterocycles. The minimum Gasteiger partial charge on any atom is -0.494 e. The second-order valence-electron chi connectivity index (χ2n) is 5.96. The maximum atomic E-state index is 6.50. The van der Waals surface area contributed by atoms with E-state index in [2.05, 4.69) is 13.8 Å². The number of unbranched alkanes of at least 4 members (excludes halogenated alkanes) is 1. The minimum absolute atomic E-state index is 0.276. The Hall–Kier alpha value is -1.12. The first-order valence-electron chi connectivity index (χ1n) is 8.77. The highest BCUT2D eigenvalue weighted by atomic mass is 35.5. The zero-order valence-corrected chi connectivity index (χ0v) is 16.0. The first kappa shape index (κ1) is 19.2. The van der Waals surface area contributed by atoms with Gasteiger partial charge >= 0.3 is 0 Å². The predicted molar refractivity (Wildman–Crippen MR) is 104 cm³/mol. The van der Waals surface area contributed by atoms with Crippen LogP contribution in [0.25, 0.3) is 10.8 Å². The molecule has 0 aliphatic heterocycles. The predicted octanol–water partition coefficient (Wildman–Crippen LogP) is 6.85. The molecule has 2 aromatic rings. The van der Waals surface area contributed by atoms with Gasteiger partial charge in [0.2, 0.25) is 0 Å². The Morgan fingerprint density at radius 3 is 2.58 bits per heavy atom. The molecule has 0 aliphatic carbocycles. The molecule has 0 radical (unpaired) electrons. The van der Waals surface area contributed by atoms with Crippen LogP contribution in [-0.4, -0.2) is 18.6 Å². The molecule has 0 bridgehead atoms. The zero-order chi connectivity index (χ0) is 17.4. The van der Waals surface area contributed by atoms with Gasteiger partial charge in [-0.05, 0) is 61.8 Å². The van der Waals surface area contributed by atoms with Gasteiger partial charge in [0.1, 0.15) is 11.5 Å². The van der Waals surface area contributed by atoms with Gasteiger partial charge in [-0.2, -0.15) is 0 Å². The highest BCUT2D eigenvalue weighted by Gasteiger charge is 2.08. The smallest absolute Gasteiger partial charge is 0.138 e. The third-order valence-corrected chi connectivity index (χ3v) is 4.89. The third kappa shape index (κ3) is 5.46. The molecular formula is C20H26Cl2O2. The second kappa shape index (κ2) is 10.0. The first-order valence-corrected chi connectivity index (χ1v) is 9.59. The van der Waals surface area contributed by atoms with E-state index >= 15 is 0 Å². The van der Waals surface area contributed by atoms with E-state index in [1.807, 2.05) is 30.3 Å². The van der Waals surface area contributed by atoms with Gasteiger partial charge in [0.15, 0.2) is 0 Å². The van der Waals surface area contributed by atoms with Crippen LogP contribution in [0, 0.1) is 0 Å². The number of hydrogen-bond donors (Lipinski definition) is 0. The van der Waals surface area contributed by atoms with Crippen molar-refractivity contribution in [3.63, 3.8) is 0 Å². The Bertz CT molecular complexity index is 643. The molecule has 0 fully saturated rings. The van der Waals surface area contributed by atoms with Crippen LogP contribution in [-0.2, 0) is 0 Å². The molecule has 2 rings (SSSR count). The first-order chi connectivity index (χ1) is 11.7. The topological polar surface area (TPSA) is 18.5 Å². The van der Waals surface area contributed by atoms with Crippen LogP contribution in [0.5, 0.6) is 11.5 Å². The largest absolute Gasteiger partial charge is 0.494 e. The molecule has 0 aromatic heterocycles. The molecule has 0 heterocycles. The van der Waals surface area contributed by atoms with E-state index in [1.54, 1.807) is 0 Å². The summed E-state index contributed by atoms with van der Waals surface area (Å²) in [5.41, 5.74) is 0. The van der Waals surface area contributed by atoms with Gasteiger partial charge in [-0.3, -0.25) is 0 Å². The fraction of sp³-hybridized carbons (Fsp3) is 0.500. The van der Waals surface area contributed by atoms with Gasteiger partial charge in [0, 0.05) is 10.8 Å². The van der Waals surface area contributed by atoms with Gasteiger partial charge in [-0.25, -0.2) is 0 Å². The summed E-state index contributed by atoms with van der Waals surface area (Å²) in [5.74, 6) is 1.62. The number of alkyl halides is 1. The number of benzene rings is 2. The summed E-state index contributed by atoms with van der Waals surface area (Å²) in [6.07, 6.45) is 5.11. The Labute approximate surface area is 155 Å². The van der Waals surface area contributed by atoms with Crippen LogP contribution >= 0.6 is 23.2 Å². The van der Waals surface area contributed by atoms with Gasteiger partial charge in [-0.15, -0.1) is 11.6 Å². The maximum absolute atomic E-state index is 6.50. The lowest BCUT2D eigenvalue weighted by Crippen LogP contribution is -2.01.